The van der Waals surface area contributed by atoms with Crippen LogP contribution in [0.25, 0.3) is 10.9 Å². The maximum atomic E-state index is 13.5. The molecule has 4 rings (SSSR count). The molecule has 0 fully saturated rings. The van der Waals surface area contributed by atoms with Crippen molar-refractivity contribution in [3.8, 4) is 17.6 Å². The highest BCUT2D eigenvalue weighted by molar-refractivity contribution is 5.98. The molecule has 1 aliphatic heterocycles. The second-order valence-corrected chi connectivity index (χ2v) is 9.88. The van der Waals surface area contributed by atoms with Crippen LogP contribution in [-0.4, -0.2) is 59.6 Å². The van der Waals surface area contributed by atoms with Crippen molar-refractivity contribution in [2.45, 2.75) is 51.7 Å². The van der Waals surface area contributed by atoms with Crippen LogP contribution >= 0.6 is 0 Å². The van der Waals surface area contributed by atoms with Crippen molar-refractivity contribution >= 4 is 16.8 Å². The summed E-state index contributed by atoms with van der Waals surface area (Å²) in [6.45, 7) is 5.33. The number of aliphatic hydroxyl groups excluding tert-OH is 2. The Kier molecular flexibility index (Phi) is 9.24. The van der Waals surface area contributed by atoms with Gasteiger partial charge in [0.25, 0.3) is 5.91 Å². The molecule has 0 saturated carbocycles. The fourth-order valence-electron chi connectivity index (χ4n) is 4.55. The third-order valence-corrected chi connectivity index (χ3v) is 6.93. The van der Waals surface area contributed by atoms with E-state index in [2.05, 4.69) is 27.5 Å². The minimum atomic E-state index is -0.442. The quantitative estimate of drug-likeness (QED) is 0.228. The summed E-state index contributed by atoms with van der Waals surface area (Å²) < 4.78 is 6.01. The average molecular weight is 504 g/mol. The van der Waals surface area contributed by atoms with E-state index in [0.29, 0.717) is 37.4 Å². The molecule has 3 aromatic rings. The minimum Gasteiger partial charge on any atom is -0.492 e. The van der Waals surface area contributed by atoms with E-state index in [9.17, 15) is 15.0 Å². The van der Waals surface area contributed by atoms with Crippen LogP contribution in [0.5, 0.6) is 5.75 Å². The third kappa shape index (κ3) is 6.92. The fraction of sp³-hybridized carbons (Fsp3) is 0.433. The van der Waals surface area contributed by atoms with Gasteiger partial charge in [0.15, 0.2) is 0 Å². The van der Waals surface area contributed by atoms with Gasteiger partial charge in [0.2, 0.25) is 0 Å². The molecule has 2 aromatic carbocycles. The molecule has 2 heterocycles. The average Bonchev–Trinajstić information content (AvgIpc) is 3.14. The van der Waals surface area contributed by atoms with E-state index in [4.69, 9.17) is 4.74 Å². The fourth-order valence-corrected chi connectivity index (χ4v) is 4.55. The Bertz CT molecular complexity index is 1270. The van der Waals surface area contributed by atoms with Gasteiger partial charge < -0.3 is 30.6 Å². The second-order valence-electron chi connectivity index (χ2n) is 9.88. The van der Waals surface area contributed by atoms with Gasteiger partial charge in [-0.05, 0) is 67.9 Å². The van der Waals surface area contributed by atoms with E-state index >= 15 is 0 Å². The Morgan fingerprint density at radius 2 is 2.05 bits per heavy atom. The lowest BCUT2D eigenvalue weighted by molar-refractivity contribution is 0.0912. The third-order valence-electron chi connectivity index (χ3n) is 6.93. The van der Waals surface area contributed by atoms with Crippen LogP contribution in [0.4, 0.5) is 0 Å². The molecule has 3 atom stereocenters. The van der Waals surface area contributed by atoms with E-state index in [1.54, 1.807) is 13.0 Å². The predicted molar refractivity (Wildman–Crippen MR) is 146 cm³/mol. The molecule has 1 aliphatic rings. The van der Waals surface area contributed by atoms with Gasteiger partial charge in [-0.1, -0.05) is 37.0 Å². The molecule has 0 bridgehead atoms. The highest BCUT2D eigenvalue weighted by atomic mass is 16.5. The van der Waals surface area contributed by atoms with Gasteiger partial charge in [-0.3, -0.25) is 4.79 Å². The molecule has 1 aromatic heterocycles. The van der Waals surface area contributed by atoms with Crippen LogP contribution in [-0.2, 0) is 12.8 Å². The van der Waals surface area contributed by atoms with Crippen LogP contribution in [0.3, 0.4) is 0 Å². The molecule has 1 unspecified atom stereocenters. The van der Waals surface area contributed by atoms with Crippen molar-refractivity contribution in [2.24, 2.45) is 5.92 Å². The van der Waals surface area contributed by atoms with Gasteiger partial charge >= 0.3 is 0 Å². The molecule has 7 heteroatoms. The van der Waals surface area contributed by atoms with Gasteiger partial charge in [-0.2, -0.15) is 0 Å². The highest BCUT2D eigenvalue weighted by Crippen LogP contribution is 2.30. The number of carbonyl (C=O) groups excluding carboxylic acids is 1. The summed E-state index contributed by atoms with van der Waals surface area (Å²) in [5, 5.41) is 27.0. The Morgan fingerprint density at radius 1 is 1.22 bits per heavy atom. The Hall–Kier alpha value is -3.31. The highest BCUT2D eigenvalue weighted by Gasteiger charge is 2.22. The van der Waals surface area contributed by atoms with Crippen molar-refractivity contribution in [2.75, 3.05) is 26.3 Å². The molecule has 5 N–H and O–H groups in total. The number of benzene rings is 2. The number of H-pyrrole nitrogens is 1. The first-order valence-electron chi connectivity index (χ1n) is 13.1. The van der Waals surface area contributed by atoms with Crippen LogP contribution in [0.1, 0.15) is 53.7 Å². The first kappa shape index (κ1) is 26.7. The summed E-state index contributed by atoms with van der Waals surface area (Å²) in [4.78, 5) is 16.7. The van der Waals surface area contributed by atoms with Gasteiger partial charge in [0.1, 0.15) is 5.75 Å². The Labute approximate surface area is 218 Å². The maximum Gasteiger partial charge on any atom is 0.255 e. The largest absolute Gasteiger partial charge is 0.492 e. The number of nitrogens with one attached hydrogen (secondary N) is 3. The minimum absolute atomic E-state index is 0.144. The van der Waals surface area contributed by atoms with Crippen molar-refractivity contribution in [1.82, 2.24) is 15.6 Å². The summed E-state index contributed by atoms with van der Waals surface area (Å²) in [7, 11) is 0. The summed E-state index contributed by atoms with van der Waals surface area (Å²) in [6.07, 6.45) is 4.82. The lowest BCUT2D eigenvalue weighted by Crippen LogP contribution is -2.39. The lowest BCUT2D eigenvalue weighted by atomic mass is 9.99. The molecule has 0 radical (unpaired) electrons. The standard InChI is InChI=1S/C30H37N3O4/c1-20(21(2)35)17-31-12-7-8-22-14-23-9-5-6-13-37-29(23)27(15-22)30(36)33-25(19-34)16-24-18-32-28-11-4-3-10-26(24)28/h3-4,10-11,14-15,18,20-21,25,31-32,34-35H,5-6,9,12-13,16-17,19H2,1-2H3,(H,33,36)/t20?,21-,25-/m1/s1. The zero-order valence-corrected chi connectivity index (χ0v) is 21.6. The van der Waals surface area contributed by atoms with E-state index in [-0.39, 0.29) is 24.5 Å². The molecule has 7 nitrogen and oxygen atoms in total. The maximum absolute atomic E-state index is 13.5. The molecule has 0 spiro atoms. The number of hydrogen-bond acceptors (Lipinski definition) is 5. The summed E-state index contributed by atoms with van der Waals surface area (Å²) in [5.41, 5.74) is 4.28. The zero-order chi connectivity index (χ0) is 26.2. The first-order valence-corrected chi connectivity index (χ1v) is 13.1. The lowest BCUT2D eigenvalue weighted by Gasteiger charge is -2.19. The Balaban J connectivity index is 1.51. The van der Waals surface area contributed by atoms with Crippen LogP contribution < -0.4 is 15.4 Å². The number of fused-ring (bicyclic) bond motifs is 2. The number of aliphatic hydroxyl groups is 2. The molecule has 0 aliphatic carbocycles. The van der Waals surface area contributed by atoms with Gasteiger partial charge in [-0.25, -0.2) is 0 Å². The van der Waals surface area contributed by atoms with Gasteiger partial charge in [0.05, 0.1) is 37.5 Å². The van der Waals surface area contributed by atoms with E-state index in [0.717, 1.165) is 46.9 Å². The second kappa shape index (κ2) is 12.8. The van der Waals surface area contributed by atoms with Crippen molar-refractivity contribution in [3.05, 3.63) is 64.8 Å². The number of carbonyl (C=O) groups is 1. The van der Waals surface area contributed by atoms with Gasteiger partial charge in [0, 0.05) is 29.2 Å². The number of aryl methyl sites for hydroxylation is 1. The Morgan fingerprint density at radius 3 is 2.86 bits per heavy atom. The number of rotatable bonds is 9. The van der Waals surface area contributed by atoms with Crippen LogP contribution in [0.15, 0.2) is 42.6 Å². The summed E-state index contributed by atoms with van der Waals surface area (Å²) in [6, 6.07) is 11.4. The van der Waals surface area contributed by atoms with Gasteiger partial charge in [-0.15, -0.1) is 0 Å². The number of ether oxygens (including phenoxy) is 1. The smallest absolute Gasteiger partial charge is 0.255 e. The molecule has 0 saturated heterocycles. The molecular weight excluding hydrogens is 466 g/mol. The van der Waals surface area contributed by atoms with E-state index in [1.165, 1.54) is 0 Å². The monoisotopic (exact) mass is 503 g/mol. The normalized spacial score (nSPS) is 15.5. The summed E-state index contributed by atoms with van der Waals surface area (Å²) >= 11 is 0. The van der Waals surface area contributed by atoms with Crippen molar-refractivity contribution in [3.63, 3.8) is 0 Å². The SMILES string of the molecule is CC(CNCC#Cc1cc2c(c(C(=O)N[C@@H](CO)Cc3c[nH]c4ccccc34)c1)OCCCC2)[C@@H](C)O. The zero-order valence-electron chi connectivity index (χ0n) is 21.6. The summed E-state index contributed by atoms with van der Waals surface area (Å²) in [5.74, 6) is 6.79. The molecule has 1 amide bonds. The molecule has 196 valence electrons. The van der Waals surface area contributed by atoms with E-state index in [1.807, 2.05) is 43.5 Å². The van der Waals surface area contributed by atoms with E-state index < -0.39 is 6.04 Å². The van der Waals surface area contributed by atoms with Crippen molar-refractivity contribution < 1.29 is 19.7 Å². The topological polar surface area (TPSA) is 107 Å². The molecule has 37 heavy (non-hydrogen) atoms. The predicted octanol–water partition coefficient (Wildman–Crippen LogP) is 3.17. The number of hydrogen-bond donors (Lipinski definition) is 5. The number of amides is 1. The number of para-hydroxylation sites is 1. The number of aromatic amines is 1. The first-order chi connectivity index (χ1) is 18.0. The van der Waals surface area contributed by atoms with Crippen LogP contribution in [0.2, 0.25) is 0 Å². The van der Waals surface area contributed by atoms with Crippen molar-refractivity contribution in [1.29, 1.82) is 0 Å². The number of aromatic nitrogens is 1. The molecular formula is C30H37N3O4. The van der Waals surface area contributed by atoms with Crippen LogP contribution in [0, 0.1) is 17.8 Å².